The van der Waals surface area contributed by atoms with Crippen LogP contribution in [0.15, 0.2) is 48.5 Å². The molecule has 0 aromatic heterocycles. The van der Waals surface area contributed by atoms with Crippen molar-refractivity contribution >= 4 is 11.4 Å². The molecule has 0 atom stereocenters. The van der Waals surface area contributed by atoms with Crippen LogP contribution in [0, 0.1) is 17.8 Å². The van der Waals surface area contributed by atoms with Crippen molar-refractivity contribution in [3.05, 3.63) is 59.7 Å². The molecular formula is C28H35N. The number of para-hydroxylation sites is 1. The van der Waals surface area contributed by atoms with Crippen molar-refractivity contribution in [1.82, 2.24) is 0 Å². The molecule has 5 saturated carbocycles. The summed E-state index contributed by atoms with van der Waals surface area (Å²) in [5, 5.41) is 3.83. The average molecular weight is 386 g/mol. The highest BCUT2D eigenvalue weighted by atomic mass is 14.9. The second kappa shape index (κ2) is 7.18. The maximum absolute atomic E-state index is 3.83. The van der Waals surface area contributed by atoms with Crippen LogP contribution in [0.3, 0.4) is 0 Å². The maximum Gasteiger partial charge on any atom is 0.0422 e. The van der Waals surface area contributed by atoms with Gasteiger partial charge in [0.2, 0.25) is 0 Å². The molecule has 7 rings (SSSR count). The highest BCUT2D eigenvalue weighted by Gasteiger charge is 2.52. The lowest BCUT2D eigenvalue weighted by molar-refractivity contribution is -0.00484. The zero-order valence-electron chi connectivity index (χ0n) is 17.7. The van der Waals surface area contributed by atoms with Gasteiger partial charge in [0.25, 0.3) is 0 Å². The summed E-state index contributed by atoms with van der Waals surface area (Å²) in [6.45, 7) is 0. The van der Waals surface area contributed by atoms with E-state index in [4.69, 9.17) is 0 Å². The lowest BCUT2D eigenvalue weighted by atomic mass is 9.48. The summed E-state index contributed by atoms with van der Waals surface area (Å²) in [5.74, 6) is 3.76. The van der Waals surface area contributed by atoms with E-state index in [1.54, 1.807) is 11.1 Å². The fourth-order valence-electron chi connectivity index (χ4n) is 7.93. The minimum Gasteiger partial charge on any atom is -0.355 e. The lowest BCUT2D eigenvalue weighted by Crippen LogP contribution is -2.48. The van der Waals surface area contributed by atoms with Gasteiger partial charge in [-0.05, 0) is 110 Å². The van der Waals surface area contributed by atoms with E-state index >= 15 is 0 Å². The molecule has 0 saturated heterocycles. The van der Waals surface area contributed by atoms with Crippen molar-refractivity contribution in [2.45, 2.75) is 82.0 Å². The van der Waals surface area contributed by atoms with Gasteiger partial charge in [0, 0.05) is 11.4 Å². The van der Waals surface area contributed by atoms with Gasteiger partial charge in [-0.2, -0.15) is 0 Å². The molecule has 1 N–H and O–H groups in total. The van der Waals surface area contributed by atoms with Gasteiger partial charge in [-0.3, -0.25) is 0 Å². The van der Waals surface area contributed by atoms with E-state index in [1.807, 2.05) is 0 Å². The third-order valence-electron chi connectivity index (χ3n) is 8.80. The minimum atomic E-state index is 0.445. The molecule has 29 heavy (non-hydrogen) atoms. The average Bonchev–Trinajstić information content (AvgIpc) is 2.74. The van der Waals surface area contributed by atoms with Gasteiger partial charge in [-0.25, -0.2) is 0 Å². The third kappa shape index (κ3) is 3.31. The first kappa shape index (κ1) is 18.0. The lowest BCUT2D eigenvalue weighted by Gasteiger charge is -2.57. The van der Waals surface area contributed by atoms with Crippen LogP contribution in [-0.2, 0) is 5.41 Å². The van der Waals surface area contributed by atoms with Crippen LogP contribution in [0.5, 0.6) is 0 Å². The first-order valence-corrected chi connectivity index (χ1v) is 12.2. The van der Waals surface area contributed by atoms with E-state index < -0.39 is 0 Å². The fourth-order valence-corrected chi connectivity index (χ4v) is 7.93. The molecule has 5 aliphatic rings. The highest BCUT2D eigenvalue weighted by Crippen LogP contribution is 2.61. The number of anilines is 2. The van der Waals surface area contributed by atoms with Crippen LogP contribution < -0.4 is 5.32 Å². The Morgan fingerprint density at radius 3 is 1.97 bits per heavy atom. The van der Waals surface area contributed by atoms with Gasteiger partial charge >= 0.3 is 0 Å². The summed E-state index contributed by atoms with van der Waals surface area (Å²) in [4.78, 5) is 0. The van der Waals surface area contributed by atoms with Crippen LogP contribution in [0.2, 0.25) is 0 Å². The normalized spacial score (nSPS) is 33.7. The maximum atomic E-state index is 3.83. The van der Waals surface area contributed by atoms with Gasteiger partial charge in [0.15, 0.2) is 0 Å². The molecule has 0 heterocycles. The zero-order chi connectivity index (χ0) is 19.3. The molecule has 0 radical (unpaired) electrons. The van der Waals surface area contributed by atoms with Crippen LogP contribution in [0.4, 0.5) is 11.4 Å². The second-order valence-electron chi connectivity index (χ2n) is 10.8. The monoisotopic (exact) mass is 385 g/mol. The fraction of sp³-hybridized carbons (Fsp3) is 0.571. The van der Waals surface area contributed by atoms with Gasteiger partial charge < -0.3 is 5.32 Å². The van der Waals surface area contributed by atoms with E-state index in [2.05, 4.69) is 53.8 Å². The molecule has 5 aliphatic carbocycles. The van der Waals surface area contributed by atoms with E-state index in [0.29, 0.717) is 5.41 Å². The number of rotatable bonds is 4. The predicted molar refractivity (Wildman–Crippen MR) is 122 cm³/mol. The molecule has 0 aliphatic heterocycles. The van der Waals surface area contributed by atoms with Gasteiger partial charge in [0.1, 0.15) is 0 Å². The minimum absolute atomic E-state index is 0.445. The van der Waals surface area contributed by atoms with E-state index in [9.17, 15) is 0 Å². The van der Waals surface area contributed by atoms with E-state index in [-0.39, 0.29) is 0 Å². The highest BCUT2D eigenvalue weighted by molar-refractivity contribution is 5.65. The van der Waals surface area contributed by atoms with Crippen LogP contribution in [0.25, 0.3) is 0 Å². The smallest absolute Gasteiger partial charge is 0.0422 e. The Balaban J connectivity index is 1.26. The molecule has 152 valence electrons. The Labute approximate surface area is 176 Å². The number of nitrogens with one attached hydrogen (secondary N) is 1. The summed E-state index contributed by atoms with van der Waals surface area (Å²) in [6, 6.07) is 18.6. The summed E-state index contributed by atoms with van der Waals surface area (Å²) in [5.41, 5.74) is 6.21. The molecule has 2 aromatic carbocycles. The third-order valence-corrected chi connectivity index (χ3v) is 8.80. The second-order valence-corrected chi connectivity index (χ2v) is 10.8. The quantitative estimate of drug-likeness (QED) is 0.563. The molecule has 1 nitrogen and oxygen atoms in total. The van der Waals surface area contributed by atoms with E-state index in [0.717, 1.165) is 23.7 Å². The molecular weight excluding hydrogens is 350 g/mol. The van der Waals surface area contributed by atoms with Crippen molar-refractivity contribution in [2.75, 3.05) is 5.32 Å². The Morgan fingerprint density at radius 1 is 0.690 bits per heavy atom. The van der Waals surface area contributed by atoms with Gasteiger partial charge in [-0.1, -0.05) is 49.6 Å². The number of hydrogen-bond acceptors (Lipinski definition) is 1. The standard InChI is InChI=1S/C28H35N/c1-2-6-23(7-3-1)24-10-12-25(13-11-24)29-27-9-5-4-8-26(27)28-17-20-14-21(18-28)16-22(15-20)19-28/h4-5,8-13,20-23,29H,1-3,6-7,14-19H2. The Morgan fingerprint density at radius 2 is 1.31 bits per heavy atom. The number of benzene rings is 2. The van der Waals surface area contributed by atoms with Crippen molar-refractivity contribution in [3.8, 4) is 0 Å². The largest absolute Gasteiger partial charge is 0.355 e. The van der Waals surface area contributed by atoms with Crippen LogP contribution in [-0.4, -0.2) is 0 Å². The first-order chi connectivity index (χ1) is 14.3. The summed E-state index contributed by atoms with van der Waals surface area (Å²) >= 11 is 0. The van der Waals surface area contributed by atoms with Gasteiger partial charge in [0.05, 0.1) is 0 Å². The molecule has 0 unspecified atom stereocenters. The van der Waals surface area contributed by atoms with Crippen molar-refractivity contribution in [2.24, 2.45) is 17.8 Å². The molecule has 0 spiro atoms. The van der Waals surface area contributed by atoms with E-state index in [1.165, 1.54) is 82.0 Å². The predicted octanol–water partition coefficient (Wildman–Crippen LogP) is 7.95. The Bertz CT molecular complexity index is 823. The summed E-state index contributed by atoms with van der Waals surface area (Å²) in [6.07, 6.45) is 15.8. The molecule has 5 fully saturated rings. The molecule has 2 aromatic rings. The van der Waals surface area contributed by atoms with Crippen molar-refractivity contribution < 1.29 is 0 Å². The Hall–Kier alpha value is -1.76. The van der Waals surface area contributed by atoms with Crippen molar-refractivity contribution in [1.29, 1.82) is 0 Å². The SMILES string of the molecule is c1ccc(C23CC4CC(CC(C4)C2)C3)c(Nc2ccc(C3CCCCC3)cc2)c1. The molecule has 1 heteroatoms. The molecule has 0 amide bonds. The topological polar surface area (TPSA) is 12.0 Å². The van der Waals surface area contributed by atoms with Gasteiger partial charge in [-0.15, -0.1) is 0 Å². The summed E-state index contributed by atoms with van der Waals surface area (Å²) < 4.78 is 0. The zero-order valence-corrected chi connectivity index (χ0v) is 17.7. The Kier molecular flexibility index (Phi) is 4.47. The van der Waals surface area contributed by atoms with Crippen molar-refractivity contribution in [3.63, 3.8) is 0 Å². The molecule has 4 bridgehead atoms. The first-order valence-electron chi connectivity index (χ1n) is 12.2. The number of hydrogen-bond donors (Lipinski definition) is 1. The summed E-state index contributed by atoms with van der Waals surface area (Å²) in [7, 11) is 0. The van der Waals surface area contributed by atoms with Crippen LogP contribution >= 0.6 is 0 Å². The van der Waals surface area contributed by atoms with Crippen LogP contribution in [0.1, 0.15) is 87.7 Å².